The Hall–Kier alpha value is -1.89. The van der Waals surface area contributed by atoms with Crippen molar-refractivity contribution in [3.63, 3.8) is 0 Å². The van der Waals surface area contributed by atoms with E-state index in [-0.39, 0.29) is 17.5 Å². The molecule has 2 rings (SSSR count). The summed E-state index contributed by atoms with van der Waals surface area (Å²) in [5.74, 6) is -0.350. The van der Waals surface area contributed by atoms with E-state index in [1.54, 1.807) is 4.90 Å². The second-order valence-electron chi connectivity index (χ2n) is 4.04. The molecule has 1 amide bonds. The first-order valence-electron chi connectivity index (χ1n) is 5.43. The molecule has 17 heavy (non-hydrogen) atoms. The van der Waals surface area contributed by atoms with Gasteiger partial charge in [0, 0.05) is 31.9 Å². The normalized spacial score (nSPS) is 20.3. The molecule has 0 aromatic carbocycles. The molecule has 7 nitrogen and oxygen atoms in total. The van der Waals surface area contributed by atoms with Gasteiger partial charge in [-0.1, -0.05) is 0 Å². The molecule has 0 bridgehead atoms. The highest BCUT2D eigenvalue weighted by molar-refractivity contribution is 5.93. The fourth-order valence-electron chi connectivity index (χ4n) is 1.87. The Balaban J connectivity index is 2.30. The SMILES string of the molecule is C[C@@H]1CNCCN1C(=O)c1c[nH]c(=O)[nH]c1=O. The molecule has 0 radical (unpaired) electrons. The summed E-state index contributed by atoms with van der Waals surface area (Å²) in [7, 11) is 0. The van der Waals surface area contributed by atoms with Crippen LogP contribution in [0.4, 0.5) is 0 Å². The predicted octanol–water partition coefficient (Wildman–Crippen LogP) is -1.50. The predicted molar refractivity (Wildman–Crippen MR) is 61.1 cm³/mol. The third-order valence-electron chi connectivity index (χ3n) is 2.81. The molecule has 1 aliphatic rings. The summed E-state index contributed by atoms with van der Waals surface area (Å²) in [5.41, 5.74) is -1.29. The second kappa shape index (κ2) is 4.54. The van der Waals surface area contributed by atoms with Crippen LogP contribution < -0.4 is 16.6 Å². The topological polar surface area (TPSA) is 98.1 Å². The lowest BCUT2D eigenvalue weighted by atomic mass is 10.2. The molecule has 0 spiro atoms. The number of hydrogen-bond donors (Lipinski definition) is 3. The van der Waals surface area contributed by atoms with Gasteiger partial charge < -0.3 is 15.2 Å². The first-order valence-corrected chi connectivity index (χ1v) is 5.43. The summed E-state index contributed by atoms with van der Waals surface area (Å²) >= 11 is 0. The minimum atomic E-state index is -0.649. The Kier molecular flexibility index (Phi) is 3.10. The number of nitrogens with zero attached hydrogens (tertiary/aromatic N) is 1. The smallest absolute Gasteiger partial charge is 0.325 e. The van der Waals surface area contributed by atoms with Crippen LogP contribution in [-0.4, -0.2) is 46.5 Å². The maximum absolute atomic E-state index is 12.1. The number of carbonyl (C=O) groups excluding carboxylic acids is 1. The maximum atomic E-state index is 12.1. The van der Waals surface area contributed by atoms with E-state index in [1.807, 2.05) is 11.9 Å². The van der Waals surface area contributed by atoms with Gasteiger partial charge in [-0.25, -0.2) is 4.79 Å². The third-order valence-corrected chi connectivity index (χ3v) is 2.81. The summed E-state index contributed by atoms with van der Waals surface area (Å²) in [6.45, 7) is 3.87. The van der Waals surface area contributed by atoms with Crippen LogP contribution in [0.2, 0.25) is 0 Å². The van der Waals surface area contributed by atoms with E-state index < -0.39 is 11.2 Å². The Morgan fingerprint density at radius 2 is 2.24 bits per heavy atom. The highest BCUT2D eigenvalue weighted by atomic mass is 16.2. The van der Waals surface area contributed by atoms with Crippen molar-refractivity contribution in [1.29, 1.82) is 0 Å². The van der Waals surface area contributed by atoms with E-state index in [0.717, 1.165) is 6.20 Å². The van der Waals surface area contributed by atoms with Gasteiger partial charge in [0.25, 0.3) is 11.5 Å². The van der Waals surface area contributed by atoms with Crippen molar-refractivity contribution < 1.29 is 4.79 Å². The van der Waals surface area contributed by atoms with Gasteiger partial charge in [-0.2, -0.15) is 0 Å². The minimum absolute atomic E-state index is 0.0293. The third kappa shape index (κ3) is 2.28. The number of piperazine rings is 1. The van der Waals surface area contributed by atoms with E-state index in [2.05, 4.69) is 10.3 Å². The molecule has 1 saturated heterocycles. The number of carbonyl (C=O) groups is 1. The molecule has 2 heterocycles. The lowest BCUT2D eigenvalue weighted by Gasteiger charge is -2.33. The Labute approximate surface area is 96.8 Å². The van der Waals surface area contributed by atoms with Gasteiger partial charge in [-0.3, -0.25) is 14.6 Å². The van der Waals surface area contributed by atoms with E-state index in [1.165, 1.54) is 0 Å². The van der Waals surface area contributed by atoms with E-state index in [4.69, 9.17) is 0 Å². The maximum Gasteiger partial charge on any atom is 0.325 e. The van der Waals surface area contributed by atoms with Crippen molar-refractivity contribution in [3.8, 4) is 0 Å². The van der Waals surface area contributed by atoms with Gasteiger partial charge in [-0.15, -0.1) is 0 Å². The number of nitrogens with one attached hydrogen (secondary N) is 3. The van der Waals surface area contributed by atoms with E-state index in [0.29, 0.717) is 19.6 Å². The van der Waals surface area contributed by atoms with Crippen LogP contribution in [0.25, 0.3) is 0 Å². The van der Waals surface area contributed by atoms with Crippen LogP contribution in [0.1, 0.15) is 17.3 Å². The fraction of sp³-hybridized carbons (Fsp3) is 0.500. The first-order chi connectivity index (χ1) is 8.09. The Morgan fingerprint density at radius 1 is 1.47 bits per heavy atom. The first kappa shape index (κ1) is 11.6. The molecular weight excluding hydrogens is 224 g/mol. The van der Waals surface area contributed by atoms with Crippen molar-refractivity contribution in [3.05, 3.63) is 32.6 Å². The Bertz CT molecular complexity index is 533. The summed E-state index contributed by atoms with van der Waals surface area (Å²) < 4.78 is 0. The van der Waals surface area contributed by atoms with Crippen molar-refractivity contribution in [1.82, 2.24) is 20.2 Å². The van der Waals surface area contributed by atoms with E-state index in [9.17, 15) is 14.4 Å². The summed E-state index contributed by atoms with van der Waals surface area (Å²) in [5, 5.41) is 3.16. The lowest BCUT2D eigenvalue weighted by Crippen LogP contribution is -2.53. The number of aromatic nitrogens is 2. The summed E-state index contributed by atoms with van der Waals surface area (Å²) in [6, 6.07) is 0.0302. The molecule has 92 valence electrons. The quantitative estimate of drug-likeness (QED) is 0.554. The standard InChI is InChI=1S/C10H14N4O3/c1-6-4-11-2-3-14(6)9(16)7-5-12-10(17)13-8(7)15/h5-6,11H,2-4H2,1H3,(H2,12,13,15,17)/t6-/m1/s1. The average Bonchev–Trinajstić information content (AvgIpc) is 2.29. The molecule has 0 unspecified atom stereocenters. The summed E-state index contributed by atoms with van der Waals surface area (Å²) in [6.07, 6.45) is 1.16. The van der Waals surface area contributed by atoms with Crippen LogP contribution in [-0.2, 0) is 0 Å². The molecule has 1 aromatic heterocycles. The van der Waals surface area contributed by atoms with Crippen molar-refractivity contribution >= 4 is 5.91 Å². The number of amides is 1. The van der Waals surface area contributed by atoms with Gasteiger partial charge >= 0.3 is 5.69 Å². The molecule has 1 atom stereocenters. The lowest BCUT2D eigenvalue weighted by molar-refractivity contribution is 0.0653. The molecule has 0 aliphatic carbocycles. The largest absolute Gasteiger partial charge is 0.333 e. The zero-order valence-electron chi connectivity index (χ0n) is 9.45. The van der Waals surface area contributed by atoms with Gasteiger partial charge in [0.05, 0.1) is 0 Å². The van der Waals surface area contributed by atoms with Crippen LogP contribution in [0.15, 0.2) is 15.8 Å². The molecule has 7 heteroatoms. The van der Waals surface area contributed by atoms with Crippen LogP contribution in [0.5, 0.6) is 0 Å². The molecular formula is C10H14N4O3. The summed E-state index contributed by atoms with van der Waals surface area (Å²) in [4.78, 5) is 40.4. The molecule has 1 fully saturated rings. The van der Waals surface area contributed by atoms with Crippen molar-refractivity contribution in [2.24, 2.45) is 0 Å². The number of hydrogen-bond acceptors (Lipinski definition) is 4. The van der Waals surface area contributed by atoms with Crippen LogP contribution >= 0.6 is 0 Å². The Morgan fingerprint density at radius 3 is 2.88 bits per heavy atom. The second-order valence-corrected chi connectivity index (χ2v) is 4.04. The molecule has 1 aliphatic heterocycles. The number of rotatable bonds is 1. The highest BCUT2D eigenvalue weighted by Gasteiger charge is 2.25. The monoisotopic (exact) mass is 238 g/mol. The van der Waals surface area contributed by atoms with Crippen molar-refractivity contribution in [2.45, 2.75) is 13.0 Å². The zero-order valence-corrected chi connectivity index (χ0v) is 9.45. The zero-order chi connectivity index (χ0) is 12.4. The minimum Gasteiger partial charge on any atom is -0.333 e. The van der Waals surface area contributed by atoms with Gasteiger partial charge in [0.1, 0.15) is 5.56 Å². The van der Waals surface area contributed by atoms with Crippen molar-refractivity contribution in [2.75, 3.05) is 19.6 Å². The van der Waals surface area contributed by atoms with E-state index >= 15 is 0 Å². The van der Waals surface area contributed by atoms with Gasteiger partial charge in [0.2, 0.25) is 0 Å². The van der Waals surface area contributed by atoms with Gasteiger partial charge in [-0.05, 0) is 6.92 Å². The average molecular weight is 238 g/mol. The number of aromatic amines is 2. The van der Waals surface area contributed by atoms with Crippen LogP contribution in [0.3, 0.4) is 0 Å². The van der Waals surface area contributed by atoms with Crippen LogP contribution in [0, 0.1) is 0 Å². The number of H-pyrrole nitrogens is 2. The van der Waals surface area contributed by atoms with Gasteiger partial charge in [0.15, 0.2) is 0 Å². The molecule has 1 aromatic rings. The molecule has 3 N–H and O–H groups in total. The highest BCUT2D eigenvalue weighted by Crippen LogP contribution is 2.06. The fourth-order valence-corrected chi connectivity index (χ4v) is 1.87. The molecule has 0 saturated carbocycles.